The van der Waals surface area contributed by atoms with Crippen molar-refractivity contribution in [3.8, 4) is 0 Å². The van der Waals surface area contributed by atoms with E-state index in [1.54, 1.807) is 0 Å². The Balaban J connectivity index is 0.00000112. The van der Waals surface area contributed by atoms with Crippen LogP contribution in [0.3, 0.4) is 0 Å². The molecule has 0 unspecified atom stereocenters. The second-order valence-corrected chi connectivity index (χ2v) is 5.06. The third kappa shape index (κ3) is 3.41. The smallest absolute Gasteiger partial charge is 0.0925 e. The molecule has 1 aliphatic heterocycles. The molecule has 86 valence electrons. The topological polar surface area (TPSA) is 42.2 Å². The average Bonchev–Trinajstić information content (AvgIpc) is 2.76. The second kappa shape index (κ2) is 5.80. The summed E-state index contributed by atoms with van der Waals surface area (Å²) >= 11 is 1.83. The van der Waals surface area contributed by atoms with E-state index in [1.165, 1.54) is 9.88 Å². The molecule has 0 amide bonds. The number of likely N-dealkylation sites (tertiary alicyclic amines) is 1. The number of rotatable bonds is 3. The molecule has 15 heavy (non-hydrogen) atoms. The first kappa shape index (κ1) is 12.9. The number of thiazole rings is 1. The van der Waals surface area contributed by atoms with Gasteiger partial charge in [0, 0.05) is 36.8 Å². The number of halogens is 1. The fourth-order valence-electron chi connectivity index (χ4n) is 1.81. The first-order valence-electron chi connectivity index (χ1n) is 5.19. The Morgan fingerprint density at radius 1 is 1.67 bits per heavy atom. The molecule has 0 aromatic carbocycles. The zero-order chi connectivity index (χ0) is 9.97. The van der Waals surface area contributed by atoms with Crippen LogP contribution in [0.15, 0.2) is 6.20 Å². The van der Waals surface area contributed by atoms with Crippen molar-refractivity contribution in [3.05, 3.63) is 16.1 Å². The largest absolute Gasteiger partial charge is 0.326 e. The number of hydrogen-bond donors (Lipinski definition) is 1. The van der Waals surface area contributed by atoms with Crippen molar-refractivity contribution in [2.24, 2.45) is 5.73 Å². The molecule has 2 heterocycles. The first-order valence-corrected chi connectivity index (χ1v) is 6.01. The third-order valence-corrected chi connectivity index (χ3v) is 3.72. The Hall–Kier alpha value is -0.160. The Kier molecular flexibility index (Phi) is 4.99. The Labute approximate surface area is 101 Å². The molecule has 2 rings (SSSR count). The van der Waals surface area contributed by atoms with Gasteiger partial charge < -0.3 is 5.73 Å². The summed E-state index contributed by atoms with van der Waals surface area (Å²) in [6.45, 7) is 5.36. The van der Waals surface area contributed by atoms with Gasteiger partial charge in [-0.05, 0) is 12.8 Å². The molecule has 1 atom stereocenters. The van der Waals surface area contributed by atoms with Gasteiger partial charge in [-0.3, -0.25) is 4.90 Å². The summed E-state index contributed by atoms with van der Waals surface area (Å²) in [6, 6.07) is 0.383. The Bertz CT molecular complexity index is 303. The maximum absolute atomic E-state index is 5.86. The molecule has 0 saturated carbocycles. The van der Waals surface area contributed by atoms with E-state index in [2.05, 4.69) is 16.8 Å². The number of nitrogens with zero attached hydrogens (tertiary/aromatic N) is 2. The van der Waals surface area contributed by atoms with Gasteiger partial charge in [-0.1, -0.05) is 6.92 Å². The van der Waals surface area contributed by atoms with Gasteiger partial charge in [0.05, 0.1) is 5.01 Å². The fourth-order valence-corrected chi connectivity index (χ4v) is 2.72. The summed E-state index contributed by atoms with van der Waals surface area (Å²) in [6.07, 6.45) is 4.19. The SMILES string of the molecule is CCc1ncc(CN2CC[C@@H](N)C2)s1.Cl. The molecule has 1 aromatic rings. The lowest BCUT2D eigenvalue weighted by atomic mass is 10.3. The molecule has 1 aromatic heterocycles. The number of hydrogen-bond acceptors (Lipinski definition) is 4. The maximum atomic E-state index is 5.86. The molecular formula is C10H18ClN3S. The molecular weight excluding hydrogens is 230 g/mol. The van der Waals surface area contributed by atoms with E-state index in [9.17, 15) is 0 Å². The predicted octanol–water partition coefficient (Wildman–Crippen LogP) is 1.66. The van der Waals surface area contributed by atoms with E-state index in [-0.39, 0.29) is 12.4 Å². The van der Waals surface area contributed by atoms with Crippen LogP contribution in [0.25, 0.3) is 0 Å². The standard InChI is InChI=1S/C10H17N3S.ClH/c1-2-10-12-5-9(14-10)7-13-4-3-8(11)6-13;/h5,8H,2-4,6-7,11H2,1H3;1H/t8-;/m1./s1. The lowest BCUT2D eigenvalue weighted by Gasteiger charge is -2.12. The quantitative estimate of drug-likeness (QED) is 0.884. The van der Waals surface area contributed by atoms with Crippen LogP contribution in [0.4, 0.5) is 0 Å². The van der Waals surface area contributed by atoms with E-state index >= 15 is 0 Å². The van der Waals surface area contributed by atoms with E-state index < -0.39 is 0 Å². The van der Waals surface area contributed by atoms with Crippen LogP contribution >= 0.6 is 23.7 Å². The van der Waals surface area contributed by atoms with Crippen LogP contribution in [0.2, 0.25) is 0 Å². The lowest BCUT2D eigenvalue weighted by molar-refractivity contribution is 0.329. The molecule has 0 aliphatic carbocycles. The zero-order valence-corrected chi connectivity index (χ0v) is 10.6. The van der Waals surface area contributed by atoms with Gasteiger partial charge >= 0.3 is 0 Å². The van der Waals surface area contributed by atoms with Crippen LogP contribution < -0.4 is 5.73 Å². The summed E-state index contributed by atoms with van der Waals surface area (Å²) in [5, 5.41) is 1.24. The van der Waals surface area contributed by atoms with Crippen molar-refractivity contribution in [3.63, 3.8) is 0 Å². The zero-order valence-electron chi connectivity index (χ0n) is 8.98. The minimum absolute atomic E-state index is 0. The average molecular weight is 248 g/mol. The van der Waals surface area contributed by atoms with E-state index in [0.29, 0.717) is 6.04 Å². The van der Waals surface area contributed by atoms with Crippen LogP contribution in [-0.4, -0.2) is 29.0 Å². The van der Waals surface area contributed by atoms with Gasteiger partial charge in [0.2, 0.25) is 0 Å². The molecule has 0 bridgehead atoms. The van der Waals surface area contributed by atoms with Crippen molar-refractivity contribution in [1.82, 2.24) is 9.88 Å². The van der Waals surface area contributed by atoms with Crippen molar-refractivity contribution >= 4 is 23.7 Å². The van der Waals surface area contributed by atoms with Gasteiger partial charge in [0.25, 0.3) is 0 Å². The van der Waals surface area contributed by atoms with Gasteiger partial charge in [0.15, 0.2) is 0 Å². The van der Waals surface area contributed by atoms with Crippen molar-refractivity contribution < 1.29 is 0 Å². The summed E-state index contributed by atoms with van der Waals surface area (Å²) in [5.74, 6) is 0. The normalized spacial score (nSPS) is 21.6. The van der Waals surface area contributed by atoms with Crippen molar-refractivity contribution in [2.75, 3.05) is 13.1 Å². The van der Waals surface area contributed by atoms with E-state index in [4.69, 9.17) is 5.73 Å². The van der Waals surface area contributed by atoms with E-state index in [1.807, 2.05) is 17.5 Å². The summed E-state index contributed by atoms with van der Waals surface area (Å²) < 4.78 is 0. The molecule has 1 saturated heterocycles. The molecule has 0 spiro atoms. The van der Waals surface area contributed by atoms with Crippen molar-refractivity contribution in [2.45, 2.75) is 32.4 Å². The minimum atomic E-state index is 0. The third-order valence-electron chi connectivity index (χ3n) is 2.59. The number of nitrogens with two attached hydrogens (primary N) is 1. The van der Waals surface area contributed by atoms with Crippen molar-refractivity contribution in [1.29, 1.82) is 0 Å². The van der Waals surface area contributed by atoms with Gasteiger partial charge in [-0.15, -0.1) is 23.7 Å². The highest BCUT2D eigenvalue weighted by Crippen LogP contribution is 2.18. The van der Waals surface area contributed by atoms with Crippen LogP contribution in [0.1, 0.15) is 23.2 Å². The Morgan fingerprint density at radius 2 is 2.47 bits per heavy atom. The molecule has 2 N–H and O–H groups in total. The van der Waals surface area contributed by atoms with Gasteiger partial charge in [-0.25, -0.2) is 4.98 Å². The second-order valence-electron chi connectivity index (χ2n) is 3.86. The van der Waals surface area contributed by atoms with Crippen LogP contribution in [0, 0.1) is 0 Å². The van der Waals surface area contributed by atoms with Gasteiger partial charge in [0.1, 0.15) is 0 Å². The lowest BCUT2D eigenvalue weighted by Crippen LogP contribution is -2.25. The highest BCUT2D eigenvalue weighted by atomic mass is 35.5. The highest BCUT2D eigenvalue weighted by Gasteiger charge is 2.19. The summed E-state index contributed by atoms with van der Waals surface area (Å²) in [7, 11) is 0. The van der Waals surface area contributed by atoms with E-state index in [0.717, 1.165) is 32.5 Å². The molecule has 0 radical (unpaired) electrons. The number of aromatic nitrogens is 1. The fraction of sp³-hybridized carbons (Fsp3) is 0.700. The van der Waals surface area contributed by atoms with Crippen LogP contribution in [-0.2, 0) is 13.0 Å². The minimum Gasteiger partial charge on any atom is -0.326 e. The number of aryl methyl sites for hydroxylation is 1. The molecule has 1 fully saturated rings. The molecule has 5 heteroatoms. The maximum Gasteiger partial charge on any atom is 0.0925 e. The summed E-state index contributed by atoms with van der Waals surface area (Å²) in [4.78, 5) is 8.14. The molecule has 1 aliphatic rings. The Morgan fingerprint density at radius 3 is 3.00 bits per heavy atom. The van der Waals surface area contributed by atoms with Gasteiger partial charge in [-0.2, -0.15) is 0 Å². The predicted molar refractivity (Wildman–Crippen MR) is 66.6 cm³/mol. The highest BCUT2D eigenvalue weighted by molar-refractivity contribution is 7.11. The van der Waals surface area contributed by atoms with Crippen LogP contribution in [0.5, 0.6) is 0 Å². The summed E-state index contributed by atoms with van der Waals surface area (Å²) in [5.41, 5.74) is 5.86. The first-order chi connectivity index (χ1) is 6.78. The molecule has 3 nitrogen and oxygen atoms in total. The monoisotopic (exact) mass is 247 g/mol.